The minimum absolute atomic E-state index is 0.0838. The maximum absolute atomic E-state index is 13.2. The highest BCUT2D eigenvalue weighted by Crippen LogP contribution is 2.34. The molecule has 35 heavy (non-hydrogen) atoms. The van der Waals surface area contributed by atoms with Gasteiger partial charge in [-0.25, -0.2) is 0 Å². The maximum atomic E-state index is 13.2. The van der Waals surface area contributed by atoms with Crippen molar-refractivity contribution in [3.05, 3.63) is 66.5 Å². The first kappa shape index (κ1) is 23.2. The molecule has 0 bridgehead atoms. The van der Waals surface area contributed by atoms with E-state index in [1.807, 2.05) is 48.5 Å². The summed E-state index contributed by atoms with van der Waals surface area (Å²) in [4.78, 5) is 19.7. The number of hydrogen-bond acceptors (Lipinski definition) is 6. The van der Waals surface area contributed by atoms with Gasteiger partial charge in [0.15, 0.2) is 0 Å². The molecule has 1 aromatic heterocycles. The van der Waals surface area contributed by atoms with Crippen LogP contribution in [0.25, 0.3) is 11.1 Å². The van der Waals surface area contributed by atoms with Gasteiger partial charge in [-0.2, -0.15) is 0 Å². The minimum Gasteiger partial charge on any atom is -0.497 e. The number of ether oxygens (including phenoxy) is 3. The third-order valence-electron chi connectivity index (χ3n) is 6.66. The van der Waals surface area contributed by atoms with Crippen molar-refractivity contribution in [3.63, 3.8) is 0 Å². The van der Waals surface area contributed by atoms with Crippen molar-refractivity contribution in [1.82, 2.24) is 9.88 Å². The molecule has 1 N–H and O–H groups in total. The molecule has 0 aliphatic carbocycles. The predicted molar refractivity (Wildman–Crippen MR) is 135 cm³/mol. The van der Waals surface area contributed by atoms with Crippen LogP contribution in [0.3, 0.4) is 0 Å². The minimum atomic E-state index is -0.299. The molecule has 2 aromatic carbocycles. The first-order valence-corrected chi connectivity index (χ1v) is 12.2. The van der Waals surface area contributed by atoms with Crippen molar-refractivity contribution in [1.29, 1.82) is 0 Å². The van der Waals surface area contributed by atoms with Crippen LogP contribution >= 0.6 is 0 Å². The Balaban J connectivity index is 1.32. The molecule has 0 spiro atoms. The van der Waals surface area contributed by atoms with E-state index >= 15 is 0 Å². The number of amides is 1. The van der Waals surface area contributed by atoms with Gasteiger partial charge in [0.1, 0.15) is 30.5 Å². The molecule has 1 atom stereocenters. The summed E-state index contributed by atoms with van der Waals surface area (Å²) in [5, 5.41) is 3.10. The van der Waals surface area contributed by atoms with Crippen molar-refractivity contribution in [3.8, 4) is 28.4 Å². The highest BCUT2D eigenvalue weighted by atomic mass is 16.5. The lowest BCUT2D eigenvalue weighted by Crippen LogP contribution is -2.32. The third-order valence-corrected chi connectivity index (χ3v) is 6.66. The molecule has 1 fully saturated rings. The number of hydrogen-bond donors (Lipinski definition) is 1. The fourth-order valence-corrected chi connectivity index (χ4v) is 4.66. The van der Waals surface area contributed by atoms with E-state index < -0.39 is 0 Å². The average molecular weight is 474 g/mol. The number of fused-ring (bicyclic) bond motifs is 1. The molecule has 182 valence electrons. The van der Waals surface area contributed by atoms with Crippen LogP contribution in [0.1, 0.15) is 18.4 Å². The number of pyridine rings is 1. The average Bonchev–Trinajstić information content (AvgIpc) is 3.43. The Kier molecular flexibility index (Phi) is 7.14. The quantitative estimate of drug-likeness (QED) is 0.522. The molecular formula is C28H31N3O4. The normalized spacial score (nSPS) is 17.3. The summed E-state index contributed by atoms with van der Waals surface area (Å²) in [6.45, 7) is 4.03. The second-order valence-corrected chi connectivity index (χ2v) is 9.02. The number of benzene rings is 2. The molecule has 0 unspecified atom stereocenters. The molecule has 1 amide bonds. The Hall–Kier alpha value is -3.58. The van der Waals surface area contributed by atoms with Crippen LogP contribution in [0.5, 0.6) is 17.2 Å². The van der Waals surface area contributed by atoms with Gasteiger partial charge in [-0.1, -0.05) is 6.07 Å². The molecule has 2 aliphatic heterocycles. The molecule has 1 saturated heterocycles. The molecule has 0 radical (unpaired) electrons. The van der Waals surface area contributed by atoms with Crippen LogP contribution < -0.4 is 19.5 Å². The molecule has 7 heteroatoms. The summed E-state index contributed by atoms with van der Waals surface area (Å²) in [6, 6.07) is 15.5. The number of likely N-dealkylation sites (tertiary alicyclic amines) is 1. The summed E-state index contributed by atoms with van der Waals surface area (Å²) in [5.41, 5.74) is 3.72. The predicted octanol–water partition coefficient (Wildman–Crippen LogP) is 4.42. The van der Waals surface area contributed by atoms with Crippen LogP contribution in [0, 0.1) is 5.92 Å². The van der Waals surface area contributed by atoms with Crippen LogP contribution in [0.4, 0.5) is 5.69 Å². The molecule has 3 heterocycles. The van der Waals surface area contributed by atoms with Crippen molar-refractivity contribution in [2.45, 2.75) is 19.3 Å². The number of methoxy groups -OCH3 is 1. The number of anilines is 1. The molecule has 3 aromatic rings. The Morgan fingerprint density at radius 2 is 1.91 bits per heavy atom. The third kappa shape index (κ3) is 5.57. The second kappa shape index (κ2) is 10.8. The summed E-state index contributed by atoms with van der Waals surface area (Å²) in [5.74, 6) is 1.85. The molecule has 2 aliphatic rings. The first-order valence-electron chi connectivity index (χ1n) is 12.2. The summed E-state index contributed by atoms with van der Waals surface area (Å²) < 4.78 is 17.4. The Morgan fingerprint density at radius 1 is 1.09 bits per heavy atom. The number of aromatic nitrogens is 1. The lowest BCUT2D eigenvalue weighted by atomic mass is 9.95. The van der Waals surface area contributed by atoms with E-state index in [4.69, 9.17) is 14.2 Å². The van der Waals surface area contributed by atoms with Gasteiger partial charge >= 0.3 is 0 Å². The summed E-state index contributed by atoms with van der Waals surface area (Å²) in [7, 11) is 1.64. The Bertz CT molecular complexity index is 1160. The van der Waals surface area contributed by atoms with Crippen molar-refractivity contribution in [2.75, 3.05) is 45.3 Å². The number of nitrogens with zero attached hydrogens (tertiary/aromatic N) is 2. The van der Waals surface area contributed by atoms with Gasteiger partial charge in [0.25, 0.3) is 0 Å². The number of carbonyl (C=O) groups is 1. The molecule has 5 rings (SSSR count). The largest absolute Gasteiger partial charge is 0.497 e. The van der Waals surface area contributed by atoms with E-state index in [-0.39, 0.29) is 11.8 Å². The lowest BCUT2D eigenvalue weighted by Gasteiger charge is -2.25. The monoisotopic (exact) mass is 473 g/mol. The summed E-state index contributed by atoms with van der Waals surface area (Å²) >= 11 is 0. The van der Waals surface area contributed by atoms with Crippen LogP contribution in [-0.2, 0) is 11.2 Å². The van der Waals surface area contributed by atoms with Gasteiger partial charge < -0.3 is 19.5 Å². The van der Waals surface area contributed by atoms with Gasteiger partial charge in [-0.05, 0) is 91.5 Å². The van der Waals surface area contributed by atoms with Gasteiger partial charge in [0.2, 0.25) is 5.91 Å². The van der Waals surface area contributed by atoms with Crippen LogP contribution in [-0.4, -0.2) is 55.7 Å². The van der Waals surface area contributed by atoms with E-state index in [2.05, 4.69) is 15.2 Å². The highest BCUT2D eigenvalue weighted by molar-refractivity contribution is 5.95. The van der Waals surface area contributed by atoms with E-state index in [0.717, 1.165) is 47.8 Å². The van der Waals surface area contributed by atoms with Gasteiger partial charge in [-0.15, -0.1) is 0 Å². The smallest absolute Gasteiger partial charge is 0.231 e. The molecular weight excluding hydrogens is 442 g/mol. The van der Waals surface area contributed by atoms with Crippen LogP contribution in [0.2, 0.25) is 0 Å². The van der Waals surface area contributed by atoms with Crippen molar-refractivity contribution in [2.24, 2.45) is 5.92 Å². The van der Waals surface area contributed by atoms with E-state index in [0.29, 0.717) is 31.1 Å². The lowest BCUT2D eigenvalue weighted by molar-refractivity contribution is -0.121. The number of rotatable bonds is 8. The Morgan fingerprint density at radius 3 is 2.71 bits per heavy atom. The number of nitrogens with one attached hydrogen (secondary N) is 1. The first-order chi connectivity index (χ1) is 17.2. The SMILES string of the molecule is COc1ccc2c(c1)C[C@H](C(=O)Nc1ccc(-c3ccncc3)cc1OCCN1CCCC1)CO2. The zero-order valence-corrected chi connectivity index (χ0v) is 20.0. The van der Waals surface area contributed by atoms with Crippen molar-refractivity contribution < 1.29 is 19.0 Å². The highest BCUT2D eigenvalue weighted by Gasteiger charge is 2.27. The van der Waals surface area contributed by atoms with Gasteiger partial charge in [0, 0.05) is 18.9 Å². The zero-order chi connectivity index (χ0) is 24.0. The van der Waals surface area contributed by atoms with E-state index in [9.17, 15) is 4.79 Å². The fraction of sp³-hybridized carbons (Fsp3) is 0.357. The maximum Gasteiger partial charge on any atom is 0.231 e. The number of carbonyl (C=O) groups excluding carboxylic acids is 1. The van der Waals surface area contributed by atoms with Crippen molar-refractivity contribution >= 4 is 11.6 Å². The fourth-order valence-electron chi connectivity index (χ4n) is 4.66. The molecule has 0 saturated carbocycles. The Labute approximate surface area is 206 Å². The second-order valence-electron chi connectivity index (χ2n) is 9.02. The molecule has 7 nitrogen and oxygen atoms in total. The topological polar surface area (TPSA) is 72.9 Å². The summed E-state index contributed by atoms with van der Waals surface area (Å²) in [6.07, 6.45) is 6.64. The van der Waals surface area contributed by atoms with E-state index in [1.54, 1.807) is 19.5 Å². The standard InChI is InChI=1S/C28H31N3O4/c1-33-24-5-7-26-22(17-24)16-23(19-35-26)28(32)30-25-6-4-21(20-8-10-29-11-9-20)18-27(25)34-15-14-31-12-2-3-13-31/h4-11,17-18,23H,2-3,12-16,19H2,1H3,(H,30,32)/t23-/m0/s1. The zero-order valence-electron chi connectivity index (χ0n) is 20.0. The van der Waals surface area contributed by atoms with Gasteiger partial charge in [0.05, 0.1) is 18.7 Å². The van der Waals surface area contributed by atoms with Crippen LogP contribution in [0.15, 0.2) is 60.9 Å². The van der Waals surface area contributed by atoms with E-state index in [1.165, 1.54) is 12.8 Å². The van der Waals surface area contributed by atoms with Gasteiger partial charge in [-0.3, -0.25) is 14.7 Å².